The van der Waals surface area contributed by atoms with Gasteiger partial charge in [-0.25, -0.2) is 0 Å². The van der Waals surface area contributed by atoms with Gasteiger partial charge < -0.3 is 10.6 Å². The summed E-state index contributed by atoms with van der Waals surface area (Å²) >= 11 is 0. The van der Waals surface area contributed by atoms with Crippen molar-refractivity contribution >= 4 is 16.8 Å². The van der Waals surface area contributed by atoms with Crippen molar-refractivity contribution in [3.05, 3.63) is 0 Å². The minimum absolute atomic E-state index is 0.223. The molecule has 9 heteroatoms. The van der Waals surface area contributed by atoms with Crippen LogP contribution in [0.3, 0.4) is 0 Å². The molecule has 0 bridgehead atoms. The molecule has 1 aliphatic rings. The Hall–Kier alpha value is -0.830. The molecule has 1 rings (SSSR count). The largest absolute Gasteiger partial charge is 0.401 e. The van der Waals surface area contributed by atoms with Crippen LogP contribution in [-0.2, 0) is 10.8 Å². The van der Waals surface area contributed by atoms with Crippen molar-refractivity contribution in [3.8, 4) is 0 Å². The van der Waals surface area contributed by atoms with Crippen molar-refractivity contribution in [2.24, 2.45) is 10.9 Å². The fourth-order valence-corrected chi connectivity index (χ4v) is 3.77. The molecule has 0 amide bonds. The van der Waals surface area contributed by atoms with Gasteiger partial charge in [-0.1, -0.05) is 0 Å². The Bertz CT molecular complexity index is 470. The molecule has 0 aromatic carbocycles. The third-order valence-corrected chi connectivity index (χ3v) is 6.38. The Morgan fingerprint density at radius 3 is 2.23 bits per heavy atom. The zero-order chi connectivity index (χ0) is 19.8. The highest BCUT2D eigenvalue weighted by atomic mass is 32.2. The maximum absolute atomic E-state index is 12.4. The molecule has 154 valence electrons. The number of alkyl halides is 3. The van der Waals surface area contributed by atoms with Crippen LogP contribution in [0.15, 0.2) is 4.99 Å². The van der Waals surface area contributed by atoms with Gasteiger partial charge in [0.2, 0.25) is 0 Å². The first-order valence-electron chi connectivity index (χ1n) is 9.13. The highest BCUT2D eigenvalue weighted by Crippen LogP contribution is 2.23. The zero-order valence-electron chi connectivity index (χ0n) is 16.3. The lowest BCUT2D eigenvalue weighted by Crippen LogP contribution is -2.42. The third-order valence-electron chi connectivity index (χ3n) is 4.44. The Morgan fingerprint density at radius 2 is 1.73 bits per heavy atom. The Balaban J connectivity index is 2.19. The van der Waals surface area contributed by atoms with E-state index in [1.165, 1.54) is 4.90 Å². The van der Waals surface area contributed by atoms with E-state index in [1.54, 1.807) is 7.05 Å². The number of hydrogen-bond acceptors (Lipinski definition) is 3. The molecule has 0 saturated carbocycles. The number of halogens is 3. The second kappa shape index (κ2) is 10.5. The molecular formula is C17H33F3N4OS. The first-order chi connectivity index (χ1) is 12.0. The lowest BCUT2D eigenvalue weighted by molar-refractivity contribution is -0.148. The number of hydrogen-bond donors (Lipinski definition) is 2. The van der Waals surface area contributed by atoms with E-state index in [-0.39, 0.29) is 4.75 Å². The maximum Gasteiger partial charge on any atom is 0.401 e. The molecule has 2 N–H and O–H groups in total. The molecule has 1 fully saturated rings. The summed E-state index contributed by atoms with van der Waals surface area (Å²) in [5, 5.41) is 6.38. The van der Waals surface area contributed by atoms with Crippen LogP contribution < -0.4 is 10.6 Å². The molecular weight excluding hydrogens is 365 g/mol. The van der Waals surface area contributed by atoms with Crippen molar-refractivity contribution < 1.29 is 17.4 Å². The average Bonchev–Trinajstić information content (AvgIpc) is 2.52. The highest BCUT2D eigenvalue weighted by Gasteiger charge is 2.32. The molecule has 0 spiro atoms. The van der Waals surface area contributed by atoms with Crippen LogP contribution in [0, 0.1) is 5.92 Å². The smallest absolute Gasteiger partial charge is 0.356 e. The van der Waals surface area contributed by atoms with Crippen LogP contribution in [0.25, 0.3) is 0 Å². The van der Waals surface area contributed by atoms with Gasteiger partial charge in [-0.3, -0.25) is 14.1 Å². The van der Waals surface area contributed by atoms with Gasteiger partial charge in [0.25, 0.3) is 0 Å². The van der Waals surface area contributed by atoms with Gasteiger partial charge in [-0.05, 0) is 59.0 Å². The number of guanidine groups is 1. The van der Waals surface area contributed by atoms with E-state index in [0.29, 0.717) is 37.3 Å². The van der Waals surface area contributed by atoms with Crippen molar-refractivity contribution in [2.45, 2.75) is 51.0 Å². The fraction of sp³-hybridized carbons (Fsp3) is 0.941. The van der Waals surface area contributed by atoms with E-state index in [0.717, 1.165) is 25.8 Å². The number of nitrogens with zero attached hydrogens (tertiary/aromatic N) is 2. The van der Waals surface area contributed by atoms with Crippen LogP contribution in [0.1, 0.15) is 40.0 Å². The maximum atomic E-state index is 12.4. The summed E-state index contributed by atoms with van der Waals surface area (Å²) in [5.41, 5.74) is 0. The summed E-state index contributed by atoms with van der Waals surface area (Å²) in [5.74, 6) is 1.67. The Morgan fingerprint density at radius 1 is 1.15 bits per heavy atom. The lowest BCUT2D eigenvalue weighted by atomic mass is 9.93. The normalized spacial score (nSPS) is 19.4. The number of nitrogens with one attached hydrogen (secondary N) is 2. The van der Waals surface area contributed by atoms with Crippen LogP contribution in [0.2, 0.25) is 0 Å². The van der Waals surface area contributed by atoms with Crippen LogP contribution in [0.5, 0.6) is 0 Å². The third kappa shape index (κ3) is 9.75. The van der Waals surface area contributed by atoms with E-state index in [2.05, 4.69) is 15.6 Å². The molecule has 1 unspecified atom stereocenters. The Labute approximate surface area is 157 Å². The van der Waals surface area contributed by atoms with Gasteiger partial charge in [0.05, 0.1) is 6.54 Å². The monoisotopic (exact) mass is 398 g/mol. The number of rotatable bonds is 7. The van der Waals surface area contributed by atoms with Crippen LogP contribution in [-0.4, -0.2) is 71.5 Å². The molecule has 1 heterocycles. The zero-order valence-corrected chi connectivity index (χ0v) is 17.1. The van der Waals surface area contributed by atoms with Gasteiger partial charge in [0, 0.05) is 41.4 Å². The predicted molar refractivity (Wildman–Crippen MR) is 102 cm³/mol. The molecule has 0 aromatic rings. The standard InChI is InChI=1S/C17H33F3N4OS/c1-16(2,3)26(25)12-9-23-15(21-4)22-8-5-14-6-10-24(11-7-14)13-17(18,19)20/h14H,5-13H2,1-4H3,(H2,21,22,23). The molecule has 0 aliphatic carbocycles. The number of likely N-dealkylation sites (tertiary alicyclic amines) is 1. The van der Waals surface area contributed by atoms with Crippen molar-refractivity contribution in [3.63, 3.8) is 0 Å². The SMILES string of the molecule is CN=C(NCCC1CCN(CC(F)(F)F)CC1)NCCS(=O)C(C)(C)C. The van der Waals surface area contributed by atoms with Gasteiger partial charge in [-0.15, -0.1) is 0 Å². The van der Waals surface area contributed by atoms with E-state index in [1.807, 2.05) is 20.8 Å². The Kier molecular flexibility index (Phi) is 9.36. The van der Waals surface area contributed by atoms with Gasteiger partial charge >= 0.3 is 6.18 Å². The van der Waals surface area contributed by atoms with E-state index in [9.17, 15) is 17.4 Å². The average molecular weight is 399 g/mol. The van der Waals surface area contributed by atoms with E-state index < -0.39 is 23.5 Å². The van der Waals surface area contributed by atoms with Crippen molar-refractivity contribution in [1.82, 2.24) is 15.5 Å². The summed E-state index contributed by atoms with van der Waals surface area (Å²) in [6, 6.07) is 0. The fourth-order valence-electron chi connectivity index (χ4n) is 2.87. The molecule has 1 aliphatic heterocycles. The predicted octanol–water partition coefficient (Wildman–Crippen LogP) is 2.36. The van der Waals surface area contributed by atoms with Crippen LogP contribution >= 0.6 is 0 Å². The first kappa shape index (κ1) is 23.2. The molecule has 5 nitrogen and oxygen atoms in total. The molecule has 0 radical (unpaired) electrons. The van der Waals surface area contributed by atoms with Crippen molar-refractivity contribution in [2.75, 3.05) is 45.5 Å². The molecule has 26 heavy (non-hydrogen) atoms. The van der Waals surface area contributed by atoms with Crippen molar-refractivity contribution in [1.29, 1.82) is 0 Å². The molecule has 0 aromatic heterocycles. The summed E-state index contributed by atoms with van der Waals surface area (Å²) in [7, 11) is 0.780. The van der Waals surface area contributed by atoms with Gasteiger partial charge in [-0.2, -0.15) is 13.2 Å². The summed E-state index contributed by atoms with van der Waals surface area (Å²) in [6.07, 6.45) is -1.60. The minimum atomic E-state index is -4.11. The quantitative estimate of drug-likeness (QED) is 0.511. The number of piperidine rings is 1. The molecule has 1 saturated heterocycles. The second-order valence-electron chi connectivity index (χ2n) is 7.71. The lowest BCUT2D eigenvalue weighted by Gasteiger charge is -2.32. The summed E-state index contributed by atoms with van der Waals surface area (Å²) in [4.78, 5) is 5.63. The summed E-state index contributed by atoms with van der Waals surface area (Å²) < 4.78 is 49.0. The summed E-state index contributed by atoms with van der Waals surface area (Å²) in [6.45, 7) is 7.39. The second-order valence-corrected chi connectivity index (χ2v) is 10.0. The van der Waals surface area contributed by atoms with Crippen LogP contribution in [0.4, 0.5) is 13.2 Å². The first-order valence-corrected chi connectivity index (χ1v) is 10.5. The molecule has 1 atom stereocenters. The topological polar surface area (TPSA) is 56.7 Å². The van der Waals surface area contributed by atoms with Gasteiger partial charge in [0.1, 0.15) is 0 Å². The highest BCUT2D eigenvalue weighted by molar-refractivity contribution is 7.86. The minimum Gasteiger partial charge on any atom is -0.356 e. The number of aliphatic imine (C=N–C) groups is 1. The van der Waals surface area contributed by atoms with E-state index >= 15 is 0 Å². The van der Waals surface area contributed by atoms with Gasteiger partial charge in [0.15, 0.2) is 5.96 Å². The van der Waals surface area contributed by atoms with E-state index in [4.69, 9.17) is 0 Å².